The minimum Gasteiger partial charge on any atom is -0.306 e. The van der Waals surface area contributed by atoms with Crippen LogP contribution in [0.3, 0.4) is 0 Å². The van der Waals surface area contributed by atoms with Crippen molar-refractivity contribution >= 4 is 15.9 Å². The van der Waals surface area contributed by atoms with Crippen LogP contribution in [-0.4, -0.2) is 9.78 Å². The van der Waals surface area contributed by atoms with E-state index in [4.69, 9.17) is 0 Å². The van der Waals surface area contributed by atoms with Crippen LogP contribution in [-0.2, 0) is 13.6 Å². The van der Waals surface area contributed by atoms with Crippen LogP contribution < -0.4 is 5.32 Å². The molecule has 0 unspecified atom stereocenters. The molecule has 1 N–H and O–H groups in total. The molecule has 96 valence electrons. The summed E-state index contributed by atoms with van der Waals surface area (Å²) >= 11 is 3.45. The quantitative estimate of drug-likeness (QED) is 0.939. The Bertz CT molecular complexity index is 516. The molecule has 0 bridgehead atoms. The molecule has 0 aliphatic rings. The highest BCUT2D eigenvalue weighted by Crippen LogP contribution is 2.17. The van der Waals surface area contributed by atoms with Gasteiger partial charge in [-0.3, -0.25) is 4.68 Å². The topological polar surface area (TPSA) is 29.9 Å². The van der Waals surface area contributed by atoms with E-state index in [-0.39, 0.29) is 0 Å². The second-order valence-electron chi connectivity index (χ2n) is 4.57. The van der Waals surface area contributed by atoms with Crippen molar-refractivity contribution in [3.8, 4) is 0 Å². The summed E-state index contributed by atoms with van der Waals surface area (Å²) in [6.45, 7) is 5.06. The molecule has 0 saturated heterocycles. The number of benzene rings is 1. The largest absolute Gasteiger partial charge is 0.306 e. The zero-order valence-electron chi connectivity index (χ0n) is 10.9. The minimum absolute atomic E-state index is 0.331. The zero-order valence-corrected chi connectivity index (χ0v) is 12.5. The molecule has 1 heterocycles. The fourth-order valence-electron chi connectivity index (χ4n) is 1.95. The first-order chi connectivity index (χ1) is 8.56. The average molecular weight is 308 g/mol. The Morgan fingerprint density at radius 1 is 1.33 bits per heavy atom. The van der Waals surface area contributed by atoms with Gasteiger partial charge in [-0.05, 0) is 31.5 Å². The third-order valence-electron chi connectivity index (χ3n) is 3.08. The van der Waals surface area contributed by atoms with Gasteiger partial charge in [-0.25, -0.2) is 0 Å². The Hall–Kier alpha value is -1.13. The van der Waals surface area contributed by atoms with Crippen molar-refractivity contribution in [2.75, 3.05) is 0 Å². The number of aryl methyl sites for hydroxylation is 2. The highest BCUT2D eigenvalue weighted by Gasteiger charge is 2.07. The third kappa shape index (κ3) is 3.21. The average Bonchev–Trinajstić information content (AvgIpc) is 2.66. The minimum atomic E-state index is 0.331. The van der Waals surface area contributed by atoms with Crippen LogP contribution in [0.25, 0.3) is 0 Å². The van der Waals surface area contributed by atoms with E-state index in [9.17, 15) is 0 Å². The van der Waals surface area contributed by atoms with Gasteiger partial charge in [-0.15, -0.1) is 0 Å². The van der Waals surface area contributed by atoms with E-state index >= 15 is 0 Å². The van der Waals surface area contributed by atoms with Crippen molar-refractivity contribution < 1.29 is 0 Å². The first kappa shape index (κ1) is 13.3. The second-order valence-corrected chi connectivity index (χ2v) is 5.48. The monoisotopic (exact) mass is 307 g/mol. The summed E-state index contributed by atoms with van der Waals surface area (Å²) in [6.07, 6.45) is 2.07. The highest BCUT2D eigenvalue weighted by atomic mass is 79.9. The molecule has 2 aromatic rings. The number of nitrogens with one attached hydrogen (secondary N) is 1. The van der Waals surface area contributed by atoms with E-state index in [1.54, 1.807) is 0 Å². The SMILES string of the molecule is Cc1nn(C)cc1CN[C@H](C)c1ccc(Br)cc1. The summed E-state index contributed by atoms with van der Waals surface area (Å²) in [5.74, 6) is 0. The molecule has 1 aromatic heterocycles. The van der Waals surface area contributed by atoms with Crippen molar-refractivity contribution in [2.24, 2.45) is 7.05 Å². The van der Waals surface area contributed by atoms with Crippen molar-refractivity contribution in [3.63, 3.8) is 0 Å². The Balaban J connectivity index is 1.98. The lowest BCUT2D eigenvalue weighted by molar-refractivity contribution is 0.573. The fourth-order valence-corrected chi connectivity index (χ4v) is 2.22. The molecule has 4 heteroatoms. The molecule has 0 radical (unpaired) electrons. The molecule has 0 amide bonds. The van der Waals surface area contributed by atoms with Crippen molar-refractivity contribution in [1.29, 1.82) is 0 Å². The molecular formula is C14H18BrN3. The molecule has 1 aromatic carbocycles. The Morgan fingerprint density at radius 2 is 2.00 bits per heavy atom. The molecule has 0 saturated carbocycles. The van der Waals surface area contributed by atoms with Gasteiger partial charge in [0.1, 0.15) is 0 Å². The summed E-state index contributed by atoms with van der Waals surface area (Å²) in [5.41, 5.74) is 3.63. The predicted molar refractivity (Wildman–Crippen MR) is 77.3 cm³/mol. The van der Waals surface area contributed by atoms with E-state index in [2.05, 4.69) is 63.7 Å². The number of halogens is 1. The van der Waals surface area contributed by atoms with Gasteiger partial charge in [-0.2, -0.15) is 5.10 Å². The Labute approximate surface area is 116 Å². The first-order valence-electron chi connectivity index (χ1n) is 6.04. The van der Waals surface area contributed by atoms with Gasteiger partial charge in [-0.1, -0.05) is 28.1 Å². The number of nitrogens with zero attached hydrogens (tertiary/aromatic N) is 2. The van der Waals surface area contributed by atoms with Crippen LogP contribution in [0.4, 0.5) is 0 Å². The van der Waals surface area contributed by atoms with E-state index in [1.165, 1.54) is 11.1 Å². The van der Waals surface area contributed by atoms with E-state index < -0.39 is 0 Å². The van der Waals surface area contributed by atoms with E-state index in [0.29, 0.717) is 6.04 Å². The van der Waals surface area contributed by atoms with Gasteiger partial charge in [0.2, 0.25) is 0 Å². The van der Waals surface area contributed by atoms with Gasteiger partial charge in [0.25, 0.3) is 0 Å². The molecule has 0 fully saturated rings. The summed E-state index contributed by atoms with van der Waals surface area (Å²) in [5, 5.41) is 7.86. The second kappa shape index (κ2) is 5.67. The fraction of sp³-hybridized carbons (Fsp3) is 0.357. The predicted octanol–water partition coefficient (Wildman–Crippen LogP) is 3.34. The van der Waals surface area contributed by atoms with Crippen molar-refractivity contribution in [1.82, 2.24) is 15.1 Å². The standard InChI is InChI=1S/C14H18BrN3/c1-10(12-4-6-14(15)7-5-12)16-8-13-9-18(3)17-11(13)2/h4-7,9-10,16H,8H2,1-3H3/t10-/m1/s1. The molecular weight excluding hydrogens is 290 g/mol. The number of hydrogen-bond acceptors (Lipinski definition) is 2. The lowest BCUT2D eigenvalue weighted by Gasteiger charge is -2.14. The van der Waals surface area contributed by atoms with Crippen LogP contribution in [0.15, 0.2) is 34.9 Å². The van der Waals surface area contributed by atoms with Gasteiger partial charge < -0.3 is 5.32 Å². The number of rotatable bonds is 4. The van der Waals surface area contributed by atoms with Crippen LogP contribution in [0, 0.1) is 6.92 Å². The third-order valence-corrected chi connectivity index (χ3v) is 3.61. The molecule has 2 rings (SSSR count). The molecule has 0 aliphatic heterocycles. The molecule has 3 nitrogen and oxygen atoms in total. The van der Waals surface area contributed by atoms with Gasteiger partial charge in [0.15, 0.2) is 0 Å². The van der Waals surface area contributed by atoms with E-state index in [1.807, 2.05) is 18.7 Å². The highest BCUT2D eigenvalue weighted by molar-refractivity contribution is 9.10. The summed E-state index contributed by atoms with van der Waals surface area (Å²) in [4.78, 5) is 0. The first-order valence-corrected chi connectivity index (χ1v) is 6.83. The summed E-state index contributed by atoms with van der Waals surface area (Å²) < 4.78 is 2.97. The maximum Gasteiger partial charge on any atom is 0.0638 e. The molecule has 18 heavy (non-hydrogen) atoms. The van der Waals surface area contributed by atoms with Gasteiger partial charge in [0, 0.05) is 35.9 Å². The maximum atomic E-state index is 4.34. The smallest absolute Gasteiger partial charge is 0.0638 e. The van der Waals surface area contributed by atoms with Crippen molar-refractivity contribution in [3.05, 3.63) is 51.8 Å². The summed E-state index contributed by atoms with van der Waals surface area (Å²) in [7, 11) is 1.95. The van der Waals surface area contributed by atoms with Crippen LogP contribution in [0.5, 0.6) is 0 Å². The Kier molecular flexibility index (Phi) is 4.19. The molecule has 1 atom stereocenters. The lowest BCUT2D eigenvalue weighted by Crippen LogP contribution is -2.18. The van der Waals surface area contributed by atoms with Crippen LogP contribution in [0.2, 0.25) is 0 Å². The molecule has 0 aliphatic carbocycles. The van der Waals surface area contributed by atoms with Crippen LogP contribution >= 0.6 is 15.9 Å². The van der Waals surface area contributed by atoms with E-state index in [0.717, 1.165) is 16.7 Å². The lowest BCUT2D eigenvalue weighted by atomic mass is 10.1. The Morgan fingerprint density at radius 3 is 2.56 bits per heavy atom. The number of hydrogen-bond donors (Lipinski definition) is 1. The van der Waals surface area contributed by atoms with Gasteiger partial charge in [0.05, 0.1) is 5.69 Å². The van der Waals surface area contributed by atoms with Crippen LogP contribution in [0.1, 0.15) is 29.8 Å². The van der Waals surface area contributed by atoms with Crippen molar-refractivity contribution in [2.45, 2.75) is 26.4 Å². The summed E-state index contributed by atoms with van der Waals surface area (Å²) in [6, 6.07) is 8.75. The van der Waals surface area contributed by atoms with Gasteiger partial charge >= 0.3 is 0 Å². The number of aromatic nitrogens is 2. The molecule has 0 spiro atoms. The zero-order chi connectivity index (χ0) is 13.1. The normalized spacial score (nSPS) is 12.7. The maximum absolute atomic E-state index is 4.34.